The highest BCUT2D eigenvalue weighted by Crippen LogP contribution is 2.36. The molecular formula is C36H38O6S. The maximum atomic E-state index is 5.81. The van der Waals surface area contributed by atoms with Crippen molar-refractivity contribution in [1.82, 2.24) is 0 Å². The molecule has 2 aliphatic rings. The molecule has 2 heterocycles. The molecule has 4 aromatic carbocycles. The second-order valence-corrected chi connectivity index (χ2v) is 12.6. The van der Waals surface area contributed by atoms with Crippen LogP contribution in [0.2, 0.25) is 0 Å². The number of ether oxygens (including phenoxy) is 4. The van der Waals surface area contributed by atoms with E-state index in [2.05, 4.69) is 76.2 Å². The zero-order valence-corrected chi connectivity index (χ0v) is 25.9. The molecule has 0 radical (unpaired) electrons. The van der Waals surface area contributed by atoms with Crippen LogP contribution in [0.4, 0.5) is 0 Å². The molecule has 0 saturated carbocycles. The van der Waals surface area contributed by atoms with Crippen LogP contribution in [0.5, 0.6) is 23.0 Å². The highest BCUT2D eigenvalue weighted by atomic mass is 32.2. The van der Waals surface area contributed by atoms with Crippen molar-refractivity contribution in [3.8, 4) is 23.0 Å². The Hall–Kier alpha value is -3.65. The first-order valence-corrected chi connectivity index (χ1v) is 15.4. The van der Waals surface area contributed by atoms with Crippen molar-refractivity contribution in [1.29, 1.82) is 0 Å². The van der Waals surface area contributed by atoms with E-state index in [1.165, 1.54) is 22.3 Å². The highest BCUT2D eigenvalue weighted by Gasteiger charge is 2.26. The zero-order chi connectivity index (χ0) is 29.9. The predicted octanol–water partition coefficient (Wildman–Crippen LogP) is 7.91. The maximum absolute atomic E-state index is 5.81. The molecule has 2 atom stereocenters. The number of rotatable bonds is 14. The molecule has 43 heavy (non-hydrogen) atoms. The van der Waals surface area contributed by atoms with Crippen LogP contribution >= 0.6 is 12.3 Å². The smallest absolute Gasteiger partial charge is 0.293 e. The molecule has 0 N–H and O–H groups in total. The van der Waals surface area contributed by atoms with Gasteiger partial charge in [0.15, 0.2) is 0 Å². The molecule has 0 bridgehead atoms. The van der Waals surface area contributed by atoms with E-state index in [1.54, 1.807) is 0 Å². The minimum Gasteiger partial charge on any atom is -0.491 e. The fourth-order valence-corrected chi connectivity index (χ4v) is 5.34. The molecule has 0 amide bonds. The van der Waals surface area contributed by atoms with Gasteiger partial charge in [0, 0.05) is 10.8 Å². The first-order valence-electron chi connectivity index (χ1n) is 14.7. The second-order valence-electron chi connectivity index (χ2n) is 12.1. The van der Waals surface area contributed by atoms with Crippen molar-refractivity contribution in [3.63, 3.8) is 0 Å². The van der Waals surface area contributed by atoms with E-state index in [0.717, 1.165) is 48.5 Å². The zero-order valence-electron chi connectivity index (χ0n) is 25.1. The Bertz CT molecular complexity index is 1360. The molecule has 0 aromatic heterocycles. The minimum absolute atomic E-state index is 0.170. The van der Waals surface area contributed by atoms with Gasteiger partial charge in [0.1, 0.15) is 48.4 Å². The molecule has 6 rings (SSSR count). The number of epoxide rings is 2. The highest BCUT2D eigenvalue weighted by molar-refractivity contribution is 7.90. The molecule has 224 valence electrons. The third kappa shape index (κ3) is 7.47. The SMILES string of the molecule is CC(C)(c1ccc(OCC2CO2)cc1)c1ccc(OSOc2ccc(C(C)(C)c3ccc(OCC4CO4)cc3)cc2)cc1. The average molecular weight is 599 g/mol. The summed E-state index contributed by atoms with van der Waals surface area (Å²) in [7, 11) is 0. The van der Waals surface area contributed by atoms with E-state index < -0.39 is 0 Å². The van der Waals surface area contributed by atoms with Gasteiger partial charge in [-0.2, -0.15) is 0 Å². The Morgan fingerprint density at radius 3 is 1.07 bits per heavy atom. The van der Waals surface area contributed by atoms with Crippen molar-refractivity contribution < 1.29 is 27.3 Å². The third-order valence-electron chi connectivity index (χ3n) is 8.24. The summed E-state index contributed by atoms with van der Waals surface area (Å²) in [5.41, 5.74) is 4.48. The lowest BCUT2D eigenvalue weighted by Gasteiger charge is -2.26. The van der Waals surface area contributed by atoms with E-state index in [4.69, 9.17) is 27.3 Å². The average Bonchev–Trinajstić information content (AvgIpc) is 3.96. The second kappa shape index (κ2) is 12.5. The van der Waals surface area contributed by atoms with E-state index in [0.29, 0.717) is 13.2 Å². The van der Waals surface area contributed by atoms with Crippen molar-refractivity contribution in [2.75, 3.05) is 26.4 Å². The first kappa shape index (κ1) is 29.4. The fraction of sp³-hybridized carbons (Fsp3) is 0.333. The van der Waals surface area contributed by atoms with Gasteiger partial charge >= 0.3 is 0 Å². The van der Waals surface area contributed by atoms with Crippen LogP contribution in [0.1, 0.15) is 49.9 Å². The van der Waals surface area contributed by atoms with Crippen LogP contribution in [0.3, 0.4) is 0 Å². The van der Waals surface area contributed by atoms with Crippen LogP contribution in [0, 0.1) is 0 Å². The van der Waals surface area contributed by atoms with E-state index in [1.807, 2.05) is 48.5 Å². The quantitative estimate of drug-likeness (QED) is 0.108. The van der Waals surface area contributed by atoms with Gasteiger partial charge in [-0.1, -0.05) is 76.2 Å². The molecule has 4 aromatic rings. The monoisotopic (exact) mass is 598 g/mol. The summed E-state index contributed by atoms with van der Waals surface area (Å²) < 4.78 is 33.6. The van der Waals surface area contributed by atoms with Gasteiger partial charge < -0.3 is 27.3 Å². The lowest BCUT2D eigenvalue weighted by atomic mass is 9.78. The van der Waals surface area contributed by atoms with Crippen LogP contribution < -0.4 is 17.8 Å². The van der Waals surface area contributed by atoms with E-state index in [9.17, 15) is 0 Å². The van der Waals surface area contributed by atoms with Gasteiger partial charge in [-0.15, -0.1) is 0 Å². The van der Waals surface area contributed by atoms with E-state index >= 15 is 0 Å². The summed E-state index contributed by atoms with van der Waals surface area (Å²) in [5.74, 6) is 3.19. The van der Waals surface area contributed by atoms with Gasteiger partial charge in [-0.05, 0) is 70.8 Å². The molecule has 2 unspecified atom stereocenters. The minimum atomic E-state index is -0.170. The van der Waals surface area contributed by atoms with Crippen molar-refractivity contribution in [2.45, 2.75) is 50.7 Å². The van der Waals surface area contributed by atoms with Crippen LogP contribution in [-0.4, -0.2) is 38.6 Å². The number of hydrogen-bond acceptors (Lipinski definition) is 7. The molecular weight excluding hydrogens is 560 g/mol. The molecule has 7 heteroatoms. The van der Waals surface area contributed by atoms with Gasteiger partial charge in [-0.25, -0.2) is 0 Å². The van der Waals surface area contributed by atoms with Gasteiger partial charge in [0.05, 0.1) is 13.2 Å². The summed E-state index contributed by atoms with van der Waals surface area (Å²) in [6, 6.07) is 32.9. The molecule has 2 fully saturated rings. The van der Waals surface area contributed by atoms with Crippen LogP contribution in [-0.2, 0) is 20.3 Å². The predicted molar refractivity (Wildman–Crippen MR) is 169 cm³/mol. The van der Waals surface area contributed by atoms with Crippen LogP contribution in [0.25, 0.3) is 0 Å². The van der Waals surface area contributed by atoms with Crippen molar-refractivity contribution in [2.24, 2.45) is 0 Å². The fourth-order valence-electron chi connectivity index (χ4n) is 4.93. The summed E-state index contributed by atoms with van der Waals surface area (Å²) in [4.78, 5) is 0. The summed E-state index contributed by atoms with van der Waals surface area (Å²) in [6.07, 6.45) is 0.503. The maximum Gasteiger partial charge on any atom is 0.293 e. The standard InChI is InChI=1S/C36H38O6S/c1-35(2,25-5-13-29(14-6-25)37-21-33-23-39-33)27-9-17-31(18-10-27)41-43-42-32-19-11-28(12-20-32)36(3,4)26-7-15-30(16-8-26)38-22-34-24-40-34/h5-20,33-34H,21-24H2,1-4H3. The van der Waals surface area contributed by atoms with Gasteiger partial charge in [-0.3, -0.25) is 0 Å². The van der Waals surface area contributed by atoms with E-state index in [-0.39, 0.29) is 23.0 Å². The van der Waals surface area contributed by atoms with Crippen molar-refractivity contribution >= 4 is 12.3 Å². The Kier molecular flexibility index (Phi) is 8.57. The molecule has 0 spiro atoms. The summed E-state index contributed by atoms with van der Waals surface area (Å²) in [5, 5.41) is 0. The Balaban J connectivity index is 0.991. The molecule has 6 nitrogen and oxygen atoms in total. The Labute approximate surface area is 258 Å². The lowest BCUT2D eigenvalue weighted by molar-refractivity contribution is 0.263. The largest absolute Gasteiger partial charge is 0.491 e. The molecule has 2 saturated heterocycles. The van der Waals surface area contributed by atoms with Gasteiger partial charge in [0.2, 0.25) is 0 Å². The number of hydrogen-bond donors (Lipinski definition) is 0. The molecule has 0 aliphatic carbocycles. The Morgan fingerprint density at radius 2 is 0.791 bits per heavy atom. The summed E-state index contributed by atoms with van der Waals surface area (Å²) >= 11 is 0.958. The van der Waals surface area contributed by atoms with Crippen LogP contribution in [0.15, 0.2) is 97.1 Å². The third-order valence-corrected chi connectivity index (χ3v) is 8.76. The first-order chi connectivity index (χ1) is 20.8. The van der Waals surface area contributed by atoms with Crippen molar-refractivity contribution in [3.05, 3.63) is 119 Å². The summed E-state index contributed by atoms with van der Waals surface area (Å²) in [6.45, 7) is 11.7. The normalized spacial score (nSPS) is 17.7. The lowest BCUT2D eigenvalue weighted by Crippen LogP contribution is -2.18. The number of benzene rings is 4. The molecule has 2 aliphatic heterocycles. The van der Waals surface area contributed by atoms with Gasteiger partial charge in [0.25, 0.3) is 12.3 Å². The topological polar surface area (TPSA) is 62.0 Å². The Morgan fingerprint density at radius 1 is 0.512 bits per heavy atom.